The maximum absolute atomic E-state index is 5.52. The molecule has 1 aromatic heterocycles. The highest BCUT2D eigenvalue weighted by Gasteiger charge is 2.40. The fraction of sp³-hybridized carbons (Fsp3) is 0.833. The van der Waals surface area contributed by atoms with Crippen LogP contribution in [-0.4, -0.2) is 10.1 Å². The average molecular weight is 223 g/mol. The molecular formula is C12H21N3O. The van der Waals surface area contributed by atoms with Crippen LogP contribution in [0, 0.1) is 5.92 Å². The minimum atomic E-state index is 0.134. The molecule has 0 unspecified atom stereocenters. The van der Waals surface area contributed by atoms with E-state index in [0.717, 1.165) is 12.3 Å². The Bertz CT molecular complexity index is 340. The molecule has 4 heteroatoms. The zero-order chi connectivity index (χ0) is 11.6. The highest BCUT2D eigenvalue weighted by Crippen LogP contribution is 2.44. The summed E-state index contributed by atoms with van der Waals surface area (Å²) in [6.07, 6.45) is 6.04. The third-order valence-electron chi connectivity index (χ3n) is 3.46. The summed E-state index contributed by atoms with van der Waals surface area (Å²) in [6, 6.07) is 0. The van der Waals surface area contributed by atoms with Crippen LogP contribution in [0.4, 0.5) is 0 Å². The van der Waals surface area contributed by atoms with E-state index >= 15 is 0 Å². The van der Waals surface area contributed by atoms with Gasteiger partial charge >= 0.3 is 0 Å². The average Bonchev–Trinajstić information content (AvgIpc) is 2.84. The first kappa shape index (κ1) is 11.6. The number of rotatable bonds is 4. The van der Waals surface area contributed by atoms with Crippen molar-refractivity contribution >= 4 is 0 Å². The van der Waals surface area contributed by atoms with Gasteiger partial charge in [-0.25, -0.2) is 0 Å². The Morgan fingerprint density at radius 3 is 2.56 bits per heavy atom. The lowest BCUT2D eigenvalue weighted by atomic mass is 9.78. The number of nitrogens with zero attached hydrogens (tertiary/aromatic N) is 2. The van der Waals surface area contributed by atoms with E-state index in [-0.39, 0.29) is 5.41 Å². The first-order chi connectivity index (χ1) is 7.66. The van der Waals surface area contributed by atoms with Crippen molar-refractivity contribution in [3.63, 3.8) is 0 Å². The molecule has 0 atom stereocenters. The number of aromatic nitrogens is 2. The lowest BCUT2D eigenvalue weighted by molar-refractivity contribution is 0.243. The minimum absolute atomic E-state index is 0.134. The summed E-state index contributed by atoms with van der Waals surface area (Å²) in [5.74, 6) is 2.11. The van der Waals surface area contributed by atoms with Gasteiger partial charge in [-0.05, 0) is 25.2 Å². The highest BCUT2D eigenvalue weighted by molar-refractivity contribution is 5.08. The van der Waals surface area contributed by atoms with Gasteiger partial charge in [-0.2, -0.15) is 4.98 Å². The first-order valence-corrected chi connectivity index (χ1v) is 6.19. The summed E-state index contributed by atoms with van der Waals surface area (Å²) in [5.41, 5.74) is 5.65. The summed E-state index contributed by atoms with van der Waals surface area (Å²) in [5, 5.41) is 3.92. The number of hydrogen-bond acceptors (Lipinski definition) is 4. The third kappa shape index (κ3) is 2.12. The van der Waals surface area contributed by atoms with E-state index in [4.69, 9.17) is 10.3 Å². The highest BCUT2D eigenvalue weighted by atomic mass is 16.5. The number of nitrogens with two attached hydrogens (primary N) is 1. The predicted octanol–water partition coefficient (Wildman–Crippen LogP) is 2.39. The maximum atomic E-state index is 5.52. The molecule has 90 valence electrons. The van der Waals surface area contributed by atoms with Gasteiger partial charge in [0, 0.05) is 5.41 Å². The molecule has 1 heterocycles. The van der Waals surface area contributed by atoms with Gasteiger partial charge in [0.1, 0.15) is 0 Å². The van der Waals surface area contributed by atoms with Crippen molar-refractivity contribution in [1.29, 1.82) is 0 Å². The molecule has 0 aromatic carbocycles. The zero-order valence-electron chi connectivity index (χ0n) is 10.2. The van der Waals surface area contributed by atoms with E-state index in [0.29, 0.717) is 18.3 Å². The lowest BCUT2D eigenvalue weighted by Crippen LogP contribution is -2.25. The molecule has 0 radical (unpaired) electrons. The molecule has 16 heavy (non-hydrogen) atoms. The van der Waals surface area contributed by atoms with Gasteiger partial charge in [0.15, 0.2) is 5.82 Å². The summed E-state index contributed by atoms with van der Waals surface area (Å²) >= 11 is 0. The normalized spacial score (nSPS) is 19.5. The molecule has 1 saturated carbocycles. The second-order valence-electron chi connectivity index (χ2n) is 5.31. The fourth-order valence-electron chi connectivity index (χ4n) is 2.89. The predicted molar refractivity (Wildman–Crippen MR) is 61.8 cm³/mol. The van der Waals surface area contributed by atoms with Crippen LogP contribution in [-0.2, 0) is 12.0 Å². The van der Waals surface area contributed by atoms with Crippen molar-refractivity contribution in [3.8, 4) is 0 Å². The van der Waals surface area contributed by atoms with Gasteiger partial charge in [0.2, 0.25) is 5.89 Å². The van der Waals surface area contributed by atoms with E-state index in [1.165, 1.54) is 25.7 Å². The molecular weight excluding hydrogens is 202 g/mol. The van der Waals surface area contributed by atoms with E-state index in [9.17, 15) is 0 Å². The molecule has 2 rings (SSSR count). The van der Waals surface area contributed by atoms with E-state index < -0.39 is 0 Å². The monoisotopic (exact) mass is 223 g/mol. The van der Waals surface area contributed by atoms with E-state index in [1.54, 1.807) is 0 Å². The van der Waals surface area contributed by atoms with Crippen molar-refractivity contribution in [2.45, 2.75) is 57.9 Å². The van der Waals surface area contributed by atoms with Crippen molar-refractivity contribution in [2.24, 2.45) is 11.7 Å². The van der Waals surface area contributed by atoms with E-state index in [2.05, 4.69) is 24.0 Å². The summed E-state index contributed by atoms with van der Waals surface area (Å²) < 4.78 is 5.40. The zero-order valence-corrected chi connectivity index (χ0v) is 10.2. The Labute approximate surface area is 96.6 Å². The Kier molecular flexibility index (Phi) is 3.28. The summed E-state index contributed by atoms with van der Waals surface area (Å²) in [4.78, 5) is 4.43. The van der Waals surface area contributed by atoms with Crippen LogP contribution in [0.3, 0.4) is 0 Å². The minimum Gasteiger partial charge on any atom is -0.339 e. The van der Waals surface area contributed by atoms with Crippen molar-refractivity contribution < 1.29 is 4.52 Å². The van der Waals surface area contributed by atoms with Crippen molar-refractivity contribution in [3.05, 3.63) is 11.7 Å². The van der Waals surface area contributed by atoms with Gasteiger partial charge in [-0.3, -0.25) is 0 Å². The maximum Gasteiger partial charge on any atom is 0.232 e. The van der Waals surface area contributed by atoms with Crippen molar-refractivity contribution in [2.75, 3.05) is 0 Å². The molecule has 0 saturated heterocycles. The quantitative estimate of drug-likeness (QED) is 0.851. The van der Waals surface area contributed by atoms with Crippen LogP contribution in [0.15, 0.2) is 4.52 Å². The summed E-state index contributed by atoms with van der Waals surface area (Å²) in [7, 11) is 0. The van der Waals surface area contributed by atoms with Crippen LogP contribution in [0.2, 0.25) is 0 Å². The van der Waals surface area contributed by atoms with Crippen LogP contribution < -0.4 is 5.73 Å². The smallest absolute Gasteiger partial charge is 0.232 e. The van der Waals surface area contributed by atoms with Gasteiger partial charge in [-0.15, -0.1) is 0 Å². The Balaban J connectivity index is 2.24. The third-order valence-corrected chi connectivity index (χ3v) is 3.46. The molecule has 1 aromatic rings. The van der Waals surface area contributed by atoms with Crippen LogP contribution in [0.25, 0.3) is 0 Å². The number of hydrogen-bond donors (Lipinski definition) is 1. The molecule has 0 aliphatic heterocycles. The van der Waals surface area contributed by atoms with Crippen LogP contribution in [0.5, 0.6) is 0 Å². The molecule has 0 bridgehead atoms. The lowest BCUT2D eigenvalue weighted by Gasteiger charge is -2.26. The van der Waals surface area contributed by atoms with Gasteiger partial charge in [-0.1, -0.05) is 31.8 Å². The van der Waals surface area contributed by atoms with E-state index in [1.807, 2.05) is 0 Å². The Hall–Kier alpha value is -0.900. The van der Waals surface area contributed by atoms with Crippen molar-refractivity contribution in [1.82, 2.24) is 10.1 Å². The largest absolute Gasteiger partial charge is 0.339 e. The standard InChI is InChI=1S/C12H21N3O/c1-9(2)7-12(5-3-4-6-12)11-14-10(8-13)15-16-11/h9H,3-8,13H2,1-2H3. The van der Waals surface area contributed by atoms with Crippen LogP contribution >= 0.6 is 0 Å². The topological polar surface area (TPSA) is 64.9 Å². The molecule has 4 nitrogen and oxygen atoms in total. The Morgan fingerprint density at radius 2 is 2.06 bits per heavy atom. The molecule has 0 spiro atoms. The SMILES string of the molecule is CC(C)CC1(c2nc(CN)no2)CCCC1. The first-order valence-electron chi connectivity index (χ1n) is 6.19. The molecule has 1 fully saturated rings. The summed E-state index contributed by atoms with van der Waals surface area (Å²) in [6.45, 7) is 4.86. The molecule has 1 aliphatic rings. The molecule has 0 amide bonds. The molecule has 2 N–H and O–H groups in total. The second kappa shape index (κ2) is 4.53. The fourth-order valence-corrected chi connectivity index (χ4v) is 2.89. The Morgan fingerprint density at radius 1 is 1.38 bits per heavy atom. The van der Waals surface area contributed by atoms with Crippen LogP contribution in [0.1, 0.15) is 57.7 Å². The van der Waals surface area contributed by atoms with Gasteiger partial charge < -0.3 is 10.3 Å². The second-order valence-corrected chi connectivity index (χ2v) is 5.31. The molecule has 1 aliphatic carbocycles. The van der Waals surface area contributed by atoms with Gasteiger partial charge in [0.05, 0.1) is 6.54 Å². The van der Waals surface area contributed by atoms with Gasteiger partial charge in [0.25, 0.3) is 0 Å².